The Hall–Kier alpha value is -1.51. The van der Waals surface area contributed by atoms with Crippen molar-refractivity contribution in [1.29, 1.82) is 0 Å². The molecule has 0 bridgehead atoms. The van der Waals surface area contributed by atoms with Crippen LogP contribution in [0.2, 0.25) is 0 Å². The summed E-state index contributed by atoms with van der Waals surface area (Å²) in [5, 5.41) is 9.75. The molecule has 1 aromatic rings. The minimum atomic E-state index is -0.472. The fourth-order valence-corrected chi connectivity index (χ4v) is 1.57. The highest BCUT2D eigenvalue weighted by Gasteiger charge is 2.12. The van der Waals surface area contributed by atoms with Crippen LogP contribution >= 0.6 is 0 Å². The number of aryl methyl sites for hydroxylation is 1. The van der Waals surface area contributed by atoms with Crippen LogP contribution in [0.5, 0.6) is 5.75 Å². The fourth-order valence-electron chi connectivity index (χ4n) is 1.57. The zero-order valence-electron chi connectivity index (χ0n) is 10.7. The third kappa shape index (κ3) is 4.10. The van der Waals surface area contributed by atoms with E-state index >= 15 is 0 Å². The standard InChI is InChI=1S/C14H20O3/c1-4-17-14(16)12-8-7-11(9-13(12)15)6-5-10(2)3/h7-10,15H,4-6H2,1-3H3. The lowest BCUT2D eigenvalue weighted by molar-refractivity contribution is 0.0523. The second kappa shape index (κ2) is 6.28. The summed E-state index contributed by atoms with van der Waals surface area (Å²) in [7, 11) is 0. The van der Waals surface area contributed by atoms with Crippen molar-refractivity contribution in [1.82, 2.24) is 0 Å². The second-order valence-corrected chi connectivity index (χ2v) is 4.50. The zero-order valence-corrected chi connectivity index (χ0v) is 10.7. The molecule has 1 aromatic carbocycles. The number of aromatic hydroxyl groups is 1. The molecule has 17 heavy (non-hydrogen) atoms. The Kier molecular flexibility index (Phi) is 5.01. The molecule has 0 aliphatic rings. The van der Waals surface area contributed by atoms with E-state index < -0.39 is 5.97 Å². The molecule has 3 nitrogen and oxygen atoms in total. The van der Waals surface area contributed by atoms with Gasteiger partial charge in [-0.15, -0.1) is 0 Å². The van der Waals surface area contributed by atoms with Crippen LogP contribution in [0.25, 0.3) is 0 Å². The molecule has 0 aliphatic heterocycles. The van der Waals surface area contributed by atoms with E-state index in [4.69, 9.17) is 4.74 Å². The van der Waals surface area contributed by atoms with Crippen molar-refractivity contribution in [2.24, 2.45) is 5.92 Å². The maximum atomic E-state index is 11.5. The number of benzene rings is 1. The number of esters is 1. The Morgan fingerprint density at radius 3 is 2.65 bits per heavy atom. The summed E-state index contributed by atoms with van der Waals surface area (Å²) in [6.45, 7) is 6.37. The average Bonchev–Trinajstić information content (AvgIpc) is 2.26. The van der Waals surface area contributed by atoms with Gasteiger partial charge in [0.2, 0.25) is 0 Å². The summed E-state index contributed by atoms with van der Waals surface area (Å²) in [5.41, 5.74) is 1.28. The normalized spacial score (nSPS) is 10.6. The number of hydrogen-bond acceptors (Lipinski definition) is 3. The van der Waals surface area contributed by atoms with Crippen LogP contribution in [0, 0.1) is 5.92 Å². The van der Waals surface area contributed by atoms with E-state index in [1.807, 2.05) is 6.07 Å². The fraction of sp³-hybridized carbons (Fsp3) is 0.500. The van der Waals surface area contributed by atoms with Gasteiger partial charge in [0.15, 0.2) is 0 Å². The molecule has 3 heteroatoms. The quantitative estimate of drug-likeness (QED) is 0.799. The molecule has 0 atom stereocenters. The second-order valence-electron chi connectivity index (χ2n) is 4.50. The van der Waals surface area contributed by atoms with Crippen LogP contribution < -0.4 is 0 Å². The number of ether oxygens (including phenoxy) is 1. The van der Waals surface area contributed by atoms with Gasteiger partial charge in [0.25, 0.3) is 0 Å². The van der Waals surface area contributed by atoms with E-state index in [0.29, 0.717) is 12.5 Å². The number of rotatable bonds is 5. The molecule has 0 fully saturated rings. The van der Waals surface area contributed by atoms with Gasteiger partial charge in [-0.25, -0.2) is 4.79 Å². The number of phenolic OH excluding ortho intramolecular Hbond substituents is 1. The summed E-state index contributed by atoms with van der Waals surface area (Å²) in [6, 6.07) is 5.14. The predicted molar refractivity (Wildman–Crippen MR) is 67.2 cm³/mol. The zero-order chi connectivity index (χ0) is 12.8. The molecule has 0 aromatic heterocycles. The van der Waals surface area contributed by atoms with Gasteiger partial charge in [0, 0.05) is 0 Å². The van der Waals surface area contributed by atoms with E-state index in [1.54, 1.807) is 19.1 Å². The monoisotopic (exact) mass is 236 g/mol. The van der Waals surface area contributed by atoms with Crippen LogP contribution in [-0.4, -0.2) is 17.7 Å². The molecule has 0 radical (unpaired) electrons. The van der Waals surface area contributed by atoms with Crippen molar-refractivity contribution in [3.63, 3.8) is 0 Å². The topological polar surface area (TPSA) is 46.5 Å². The molecule has 0 aliphatic carbocycles. The lowest BCUT2D eigenvalue weighted by Crippen LogP contribution is -2.05. The summed E-state index contributed by atoms with van der Waals surface area (Å²) >= 11 is 0. The van der Waals surface area contributed by atoms with Gasteiger partial charge in [0.1, 0.15) is 11.3 Å². The lowest BCUT2D eigenvalue weighted by Gasteiger charge is -2.08. The van der Waals surface area contributed by atoms with E-state index in [9.17, 15) is 9.90 Å². The first-order valence-corrected chi connectivity index (χ1v) is 6.03. The molecule has 0 heterocycles. The van der Waals surface area contributed by atoms with Crippen molar-refractivity contribution in [2.45, 2.75) is 33.6 Å². The third-order valence-corrected chi connectivity index (χ3v) is 2.57. The van der Waals surface area contributed by atoms with Gasteiger partial charge in [-0.2, -0.15) is 0 Å². The maximum Gasteiger partial charge on any atom is 0.341 e. The van der Waals surface area contributed by atoms with Gasteiger partial charge >= 0.3 is 5.97 Å². The van der Waals surface area contributed by atoms with Crippen molar-refractivity contribution in [2.75, 3.05) is 6.61 Å². The number of carbonyl (C=O) groups is 1. The minimum Gasteiger partial charge on any atom is -0.507 e. The molecule has 94 valence electrons. The molecule has 1 rings (SSSR count). The smallest absolute Gasteiger partial charge is 0.341 e. The Labute approximate surface area is 102 Å². The van der Waals surface area contributed by atoms with Crippen LogP contribution in [0.4, 0.5) is 0 Å². The lowest BCUT2D eigenvalue weighted by atomic mass is 10.0. The molecule has 0 saturated heterocycles. The van der Waals surface area contributed by atoms with Crippen molar-refractivity contribution >= 4 is 5.97 Å². The first-order valence-electron chi connectivity index (χ1n) is 6.03. The highest BCUT2D eigenvalue weighted by atomic mass is 16.5. The Balaban J connectivity index is 2.75. The van der Waals surface area contributed by atoms with E-state index in [2.05, 4.69) is 13.8 Å². The van der Waals surface area contributed by atoms with Gasteiger partial charge in [-0.1, -0.05) is 19.9 Å². The van der Waals surface area contributed by atoms with Gasteiger partial charge < -0.3 is 9.84 Å². The molecule has 0 saturated carbocycles. The predicted octanol–water partition coefficient (Wildman–Crippen LogP) is 3.16. The van der Waals surface area contributed by atoms with E-state index in [0.717, 1.165) is 18.4 Å². The number of phenols is 1. The highest BCUT2D eigenvalue weighted by Crippen LogP contribution is 2.21. The van der Waals surface area contributed by atoms with Gasteiger partial charge in [-0.3, -0.25) is 0 Å². The number of carbonyl (C=O) groups excluding carboxylic acids is 1. The van der Waals surface area contributed by atoms with E-state index in [1.165, 1.54) is 0 Å². The third-order valence-electron chi connectivity index (χ3n) is 2.57. The molecule has 0 spiro atoms. The number of hydrogen-bond donors (Lipinski definition) is 1. The molecule has 0 unspecified atom stereocenters. The molecule has 1 N–H and O–H groups in total. The van der Waals surface area contributed by atoms with Crippen molar-refractivity contribution in [3.8, 4) is 5.75 Å². The van der Waals surface area contributed by atoms with Crippen LogP contribution in [0.3, 0.4) is 0 Å². The van der Waals surface area contributed by atoms with Crippen LogP contribution in [-0.2, 0) is 11.2 Å². The Bertz CT molecular complexity index is 383. The minimum absolute atomic E-state index is 0.00436. The van der Waals surface area contributed by atoms with Crippen LogP contribution in [0.1, 0.15) is 43.1 Å². The van der Waals surface area contributed by atoms with Gasteiger partial charge in [0.05, 0.1) is 6.61 Å². The van der Waals surface area contributed by atoms with E-state index in [-0.39, 0.29) is 11.3 Å². The molecular formula is C14H20O3. The Morgan fingerprint density at radius 2 is 2.12 bits per heavy atom. The van der Waals surface area contributed by atoms with Crippen molar-refractivity contribution < 1.29 is 14.6 Å². The van der Waals surface area contributed by atoms with Crippen LogP contribution in [0.15, 0.2) is 18.2 Å². The first-order chi connectivity index (χ1) is 8.04. The Morgan fingerprint density at radius 1 is 1.41 bits per heavy atom. The molecule has 0 amide bonds. The first kappa shape index (κ1) is 13.6. The summed E-state index contributed by atoms with van der Waals surface area (Å²) < 4.78 is 4.85. The largest absolute Gasteiger partial charge is 0.507 e. The average molecular weight is 236 g/mol. The SMILES string of the molecule is CCOC(=O)c1ccc(CCC(C)C)cc1O. The van der Waals surface area contributed by atoms with Crippen molar-refractivity contribution in [3.05, 3.63) is 29.3 Å². The highest BCUT2D eigenvalue weighted by molar-refractivity contribution is 5.92. The maximum absolute atomic E-state index is 11.5. The van der Waals surface area contributed by atoms with Gasteiger partial charge in [-0.05, 0) is 43.4 Å². The summed E-state index contributed by atoms with van der Waals surface area (Å²) in [6.07, 6.45) is 1.98. The summed E-state index contributed by atoms with van der Waals surface area (Å²) in [5.74, 6) is 0.159. The molecular weight excluding hydrogens is 216 g/mol. The summed E-state index contributed by atoms with van der Waals surface area (Å²) in [4.78, 5) is 11.5.